The summed E-state index contributed by atoms with van der Waals surface area (Å²) >= 11 is 1.49. The predicted octanol–water partition coefficient (Wildman–Crippen LogP) is 0.705. The molecule has 0 N–H and O–H groups in total. The standard InChI is InChI=1S/C8H15NO2SSi/c1-13(2,3)11-7-9-4-5-12-8(9)6-10/h4-5H,6-7H2,1-3H3. The summed E-state index contributed by atoms with van der Waals surface area (Å²) in [6.45, 7) is 6.77. The number of rotatable bonds is 4. The van der Waals surface area contributed by atoms with Gasteiger partial charge in [0, 0.05) is 0 Å². The molecule has 1 rings (SSSR count). The molecule has 0 bridgehead atoms. The topological polar surface area (TPSA) is 36.2 Å². The van der Waals surface area contributed by atoms with Crippen LogP contribution in [0.15, 0.2) is 11.6 Å². The second kappa shape index (κ2) is 4.32. The molecule has 1 aromatic heterocycles. The van der Waals surface area contributed by atoms with E-state index in [4.69, 9.17) is 4.43 Å². The molecule has 5 heteroatoms. The Labute approximate surface area is 83.7 Å². The number of nitrogens with zero attached hydrogens (tertiary/aromatic N) is 1. The molecule has 0 radical (unpaired) electrons. The number of hydrogen-bond acceptors (Lipinski definition) is 3. The van der Waals surface area contributed by atoms with Gasteiger partial charge in [-0.05, 0) is 26.2 Å². The Morgan fingerprint density at radius 3 is 2.77 bits per heavy atom. The van der Waals surface area contributed by atoms with Gasteiger partial charge in [-0.15, -0.1) is 0 Å². The molecule has 0 spiro atoms. The van der Waals surface area contributed by atoms with Crippen LogP contribution in [0, 0.1) is 0 Å². The molecule has 1 heterocycles. The zero-order chi connectivity index (χ0) is 9.90. The molecule has 0 aliphatic rings. The van der Waals surface area contributed by atoms with Crippen molar-refractivity contribution in [2.45, 2.75) is 33.0 Å². The van der Waals surface area contributed by atoms with Gasteiger partial charge >= 0.3 is 0 Å². The first-order valence-corrected chi connectivity index (χ1v) is 8.49. The lowest BCUT2D eigenvalue weighted by atomic mass is 10.7. The Balaban J connectivity index is 2.54. The maximum Gasteiger partial charge on any atom is 0.244 e. The van der Waals surface area contributed by atoms with Crippen LogP contribution in [0.1, 0.15) is 5.01 Å². The Kier molecular flexibility index (Phi) is 3.61. The summed E-state index contributed by atoms with van der Waals surface area (Å²) in [6, 6.07) is 0. The van der Waals surface area contributed by atoms with Crippen molar-refractivity contribution in [3.05, 3.63) is 16.6 Å². The van der Waals surface area contributed by atoms with E-state index in [9.17, 15) is 5.11 Å². The Hall–Kier alpha value is -0.233. The third-order valence-corrected chi connectivity index (χ3v) is 3.40. The first-order chi connectivity index (χ1) is 6.03. The van der Waals surface area contributed by atoms with Gasteiger partial charge in [-0.3, -0.25) is 0 Å². The molecule has 0 aliphatic carbocycles. The molecule has 3 nitrogen and oxygen atoms in total. The second-order valence-electron chi connectivity index (χ2n) is 3.80. The van der Waals surface area contributed by atoms with Gasteiger partial charge in [0.05, 0.1) is 5.38 Å². The van der Waals surface area contributed by atoms with Crippen LogP contribution in [-0.2, 0) is 17.8 Å². The number of aromatic nitrogens is 1. The van der Waals surface area contributed by atoms with Gasteiger partial charge in [-0.1, -0.05) is 11.3 Å². The maximum absolute atomic E-state index is 10.7. The summed E-state index contributed by atoms with van der Waals surface area (Å²) in [5.41, 5.74) is 0. The quantitative estimate of drug-likeness (QED) is 0.550. The molecule has 0 aliphatic heterocycles. The summed E-state index contributed by atoms with van der Waals surface area (Å²) in [6.07, 6.45) is 1.90. The van der Waals surface area contributed by atoms with E-state index in [-0.39, 0.29) is 6.61 Å². The van der Waals surface area contributed by atoms with Gasteiger partial charge in [0.2, 0.25) is 11.7 Å². The van der Waals surface area contributed by atoms with E-state index in [0.29, 0.717) is 6.73 Å². The van der Waals surface area contributed by atoms with Crippen molar-refractivity contribution < 1.29 is 14.1 Å². The van der Waals surface area contributed by atoms with Crippen LogP contribution < -0.4 is 9.67 Å². The van der Waals surface area contributed by atoms with Crippen LogP contribution in [0.2, 0.25) is 19.6 Å². The summed E-state index contributed by atoms with van der Waals surface area (Å²) in [5.74, 6) is 0. The van der Waals surface area contributed by atoms with Crippen molar-refractivity contribution in [1.29, 1.82) is 0 Å². The first kappa shape index (κ1) is 10.8. The third kappa shape index (κ3) is 3.56. The van der Waals surface area contributed by atoms with Crippen LogP contribution in [-0.4, -0.2) is 8.32 Å². The Morgan fingerprint density at radius 2 is 2.23 bits per heavy atom. The minimum atomic E-state index is -1.47. The molecule has 74 valence electrons. The van der Waals surface area contributed by atoms with Gasteiger partial charge < -0.3 is 9.53 Å². The van der Waals surface area contributed by atoms with Crippen LogP contribution >= 0.6 is 11.3 Å². The highest BCUT2D eigenvalue weighted by atomic mass is 32.1. The summed E-state index contributed by atoms with van der Waals surface area (Å²) in [7, 11) is -1.47. The highest BCUT2D eigenvalue weighted by Gasteiger charge is 2.17. The smallest absolute Gasteiger partial charge is 0.244 e. The lowest BCUT2D eigenvalue weighted by Crippen LogP contribution is -2.42. The van der Waals surface area contributed by atoms with Crippen LogP contribution in [0.3, 0.4) is 0 Å². The fourth-order valence-corrected chi connectivity index (χ4v) is 2.04. The van der Waals surface area contributed by atoms with E-state index in [1.807, 2.05) is 16.1 Å². The normalized spacial score (nSPS) is 12.0. The van der Waals surface area contributed by atoms with Crippen LogP contribution in [0.25, 0.3) is 0 Å². The van der Waals surface area contributed by atoms with E-state index >= 15 is 0 Å². The molecule has 0 saturated carbocycles. The molecule has 0 aromatic carbocycles. The van der Waals surface area contributed by atoms with Crippen molar-refractivity contribution in [3.8, 4) is 0 Å². The van der Waals surface area contributed by atoms with Gasteiger partial charge in [-0.25, -0.2) is 0 Å². The molecule has 0 amide bonds. The lowest BCUT2D eigenvalue weighted by Gasteiger charge is -2.14. The van der Waals surface area contributed by atoms with E-state index in [1.165, 1.54) is 11.3 Å². The van der Waals surface area contributed by atoms with Crippen molar-refractivity contribution in [1.82, 2.24) is 0 Å². The molecule has 13 heavy (non-hydrogen) atoms. The molecule has 0 saturated heterocycles. The fourth-order valence-electron chi connectivity index (χ4n) is 0.828. The largest absolute Gasteiger partial charge is 0.846 e. The fraction of sp³-hybridized carbons (Fsp3) is 0.625. The summed E-state index contributed by atoms with van der Waals surface area (Å²) < 4.78 is 7.57. The van der Waals surface area contributed by atoms with E-state index in [2.05, 4.69) is 19.6 Å². The minimum absolute atomic E-state index is 0.160. The summed E-state index contributed by atoms with van der Waals surface area (Å²) in [4.78, 5) is 0. The van der Waals surface area contributed by atoms with Crippen LogP contribution in [0.4, 0.5) is 0 Å². The third-order valence-electron chi connectivity index (χ3n) is 1.53. The monoisotopic (exact) mass is 217 g/mol. The minimum Gasteiger partial charge on any atom is -0.846 e. The van der Waals surface area contributed by atoms with E-state index in [1.54, 1.807) is 0 Å². The highest BCUT2D eigenvalue weighted by molar-refractivity contribution is 7.09. The average molecular weight is 217 g/mol. The van der Waals surface area contributed by atoms with Gasteiger partial charge in [-0.2, -0.15) is 4.57 Å². The van der Waals surface area contributed by atoms with Crippen molar-refractivity contribution in [3.63, 3.8) is 0 Å². The molecule has 1 aromatic rings. The van der Waals surface area contributed by atoms with E-state index < -0.39 is 8.32 Å². The van der Waals surface area contributed by atoms with E-state index in [0.717, 1.165) is 5.01 Å². The van der Waals surface area contributed by atoms with Crippen LogP contribution in [0.5, 0.6) is 0 Å². The summed E-state index contributed by atoms with van der Waals surface area (Å²) in [5, 5.41) is 13.4. The molecular weight excluding hydrogens is 202 g/mol. The number of hydrogen-bond donors (Lipinski definition) is 0. The maximum atomic E-state index is 10.7. The zero-order valence-corrected chi connectivity index (χ0v) is 10.1. The van der Waals surface area contributed by atoms with Gasteiger partial charge in [0.15, 0.2) is 14.5 Å². The van der Waals surface area contributed by atoms with Gasteiger partial charge in [0.25, 0.3) is 0 Å². The zero-order valence-electron chi connectivity index (χ0n) is 8.24. The molecule has 0 unspecified atom stereocenters. The highest BCUT2D eigenvalue weighted by Crippen LogP contribution is 2.04. The average Bonchev–Trinajstić information content (AvgIpc) is 2.46. The van der Waals surface area contributed by atoms with Crippen molar-refractivity contribution in [2.75, 3.05) is 0 Å². The van der Waals surface area contributed by atoms with Gasteiger partial charge in [0.1, 0.15) is 0 Å². The molecule has 0 atom stereocenters. The Morgan fingerprint density at radius 1 is 1.54 bits per heavy atom. The predicted molar refractivity (Wildman–Crippen MR) is 52.6 cm³/mol. The molecule has 0 fully saturated rings. The number of thiazole rings is 1. The Bertz CT molecular complexity index is 269. The lowest BCUT2D eigenvalue weighted by molar-refractivity contribution is -0.735. The second-order valence-corrected chi connectivity index (χ2v) is 9.29. The first-order valence-electron chi connectivity index (χ1n) is 4.21. The molecular formula is C8H15NO2SSi. The van der Waals surface area contributed by atoms with Crippen molar-refractivity contribution in [2.24, 2.45) is 0 Å². The SMILES string of the molecule is C[Si](C)(C)OC[n+]1ccsc1C[O-]. The van der Waals surface area contributed by atoms with Crippen molar-refractivity contribution >= 4 is 19.7 Å².